The van der Waals surface area contributed by atoms with Crippen molar-refractivity contribution in [3.05, 3.63) is 52.0 Å². The molecule has 0 radical (unpaired) electrons. The molecule has 2 heterocycles. The highest BCUT2D eigenvalue weighted by molar-refractivity contribution is 6.30. The Bertz CT molecular complexity index is 862. The molecule has 1 aromatic heterocycles. The van der Waals surface area contributed by atoms with Gasteiger partial charge in [-0.15, -0.1) is 0 Å². The summed E-state index contributed by atoms with van der Waals surface area (Å²) >= 11 is 5.93. The van der Waals surface area contributed by atoms with E-state index in [1.807, 2.05) is 37.3 Å². The molecule has 1 aliphatic carbocycles. The first kappa shape index (κ1) is 20.0. The van der Waals surface area contributed by atoms with E-state index in [9.17, 15) is 4.79 Å². The number of nitrogens with zero attached hydrogens (tertiary/aromatic N) is 2. The molecule has 1 amide bonds. The summed E-state index contributed by atoms with van der Waals surface area (Å²) in [5, 5.41) is 3.66. The number of hydrogen-bond donors (Lipinski definition) is 1. The molecule has 1 saturated heterocycles. The first-order chi connectivity index (χ1) is 14.1. The van der Waals surface area contributed by atoms with Crippen LogP contribution in [0, 0.1) is 12.8 Å². The third kappa shape index (κ3) is 5.19. The molecule has 2 fully saturated rings. The maximum absolute atomic E-state index is 13.0. The van der Waals surface area contributed by atoms with Gasteiger partial charge in [0.25, 0.3) is 5.91 Å². The van der Waals surface area contributed by atoms with Gasteiger partial charge in [-0.1, -0.05) is 23.7 Å². The molecule has 0 spiro atoms. The Balaban J connectivity index is 1.54. The van der Waals surface area contributed by atoms with E-state index >= 15 is 0 Å². The number of aromatic nitrogens is 1. The van der Waals surface area contributed by atoms with Crippen LogP contribution in [0.15, 0.2) is 30.3 Å². The second kappa shape index (κ2) is 9.01. The number of carbonyl (C=O) groups is 1. The number of nitrogens with one attached hydrogen (secondary N) is 1. The van der Waals surface area contributed by atoms with Crippen molar-refractivity contribution in [2.24, 2.45) is 5.92 Å². The number of carbonyl (C=O) groups excluding carboxylic acids is 1. The van der Waals surface area contributed by atoms with E-state index in [1.165, 1.54) is 12.8 Å². The Labute approximate surface area is 176 Å². The summed E-state index contributed by atoms with van der Waals surface area (Å²) in [6.07, 6.45) is 2.36. The average molecular weight is 416 g/mol. The number of pyridine rings is 1. The lowest BCUT2D eigenvalue weighted by atomic mass is 10.1. The maximum Gasteiger partial charge on any atom is 0.257 e. The number of aryl methyl sites for hydroxylation is 1. The topological polar surface area (TPSA) is 63.7 Å². The van der Waals surface area contributed by atoms with Crippen LogP contribution in [0.3, 0.4) is 0 Å². The molecule has 1 N–H and O–H groups in total. The maximum atomic E-state index is 13.0. The van der Waals surface area contributed by atoms with Crippen molar-refractivity contribution >= 4 is 23.3 Å². The van der Waals surface area contributed by atoms with Crippen molar-refractivity contribution in [3.8, 4) is 5.88 Å². The molecule has 2 aromatic rings. The van der Waals surface area contributed by atoms with Gasteiger partial charge in [-0.2, -0.15) is 4.98 Å². The monoisotopic (exact) mass is 415 g/mol. The molecular formula is C22H26ClN3O3. The van der Waals surface area contributed by atoms with Crippen LogP contribution < -0.4 is 15.0 Å². The van der Waals surface area contributed by atoms with Crippen LogP contribution in [-0.4, -0.2) is 43.8 Å². The molecular weight excluding hydrogens is 390 g/mol. The number of amides is 1. The number of ether oxygens (including phenoxy) is 2. The van der Waals surface area contributed by atoms with Gasteiger partial charge in [-0.05, 0) is 55.0 Å². The number of morpholine rings is 1. The highest BCUT2D eigenvalue weighted by Gasteiger charge is 2.26. The van der Waals surface area contributed by atoms with Crippen molar-refractivity contribution in [1.29, 1.82) is 0 Å². The van der Waals surface area contributed by atoms with E-state index in [-0.39, 0.29) is 5.91 Å². The fraction of sp³-hybridized carbons (Fsp3) is 0.455. The fourth-order valence-electron chi connectivity index (χ4n) is 3.32. The van der Waals surface area contributed by atoms with Gasteiger partial charge in [-0.25, -0.2) is 0 Å². The summed E-state index contributed by atoms with van der Waals surface area (Å²) in [6, 6.07) is 9.40. The second-order valence-corrected chi connectivity index (χ2v) is 8.08. The van der Waals surface area contributed by atoms with Crippen LogP contribution in [0.1, 0.15) is 34.3 Å². The number of rotatable bonds is 7. The van der Waals surface area contributed by atoms with E-state index < -0.39 is 0 Å². The normalized spacial score (nSPS) is 16.6. The number of benzene rings is 1. The predicted molar refractivity (Wildman–Crippen MR) is 113 cm³/mol. The van der Waals surface area contributed by atoms with E-state index in [0.717, 1.165) is 30.0 Å². The van der Waals surface area contributed by atoms with Crippen LogP contribution in [0.5, 0.6) is 5.88 Å². The molecule has 2 aliphatic rings. The van der Waals surface area contributed by atoms with Gasteiger partial charge in [0.1, 0.15) is 11.4 Å². The lowest BCUT2D eigenvalue weighted by molar-refractivity contribution is 0.0944. The van der Waals surface area contributed by atoms with E-state index in [4.69, 9.17) is 26.1 Å². The summed E-state index contributed by atoms with van der Waals surface area (Å²) < 4.78 is 11.5. The largest absolute Gasteiger partial charge is 0.477 e. The van der Waals surface area contributed by atoms with Crippen LogP contribution in [0.4, 0.5) is 5.82 Å². The minimum absolute atomic E-state index is 0.177. The van der Waals surface area contributed by atoms with E-state index in [1.54, 1.807) is 0 Å². The van der Waals surface area contributed by atoms with Gasteiger partial charge >= 0.3 is 0 Å². The van der Waals surface area contributed by atoms with Gasteiger partial charge < -0.3 is 19.7 Å². The summed E-state index contributed by atoms with van der Waals surface area (Å²) in [5.41, 5.74) is 2.36. The molecule has 0 bridgehead atoms. The molecule has 0 atom stereocenters. The molecule has 4 rings (SSSR count). The smallest absolute Gasteiger partial charge is 0.257 e. The minimum atomic E-state index is -0.177. The summed E-state index contributed by atoms with van der Waals surface area (Å²) in [4.78, 5) is 19.9. The van der Waals surface area contributed by atoms with Crippen LogP contribution in [0.25, 0.3) is 0 Å². The highest BCUT2D eigenvalue weighted by atomic mass is 35.5. The third-order valence-corrected chi connectivity index (χ3v) is 5.50. The van der Waals surface area contributed by atoms with Gasteiger partial charge in [0.15, 0.2) is 0 Å². The van der Waals surface area contributed by atoms with Crippen LogP contribution in [-0.2, 0) is 11.3 Å². The first-order valence-corrected chi connectivity index (χ1v) is 10.5. The number of hydrogen-bond acceptors (Lipinski definition) is 5. The zero-order chi connectivity index (χ0) is 20.2. The fourth-order valence-corrected chi connectivity index (χ4v) is 3.44. The quantitative estimate of drug-likeness (QED) is 0.748. The van der Waals surface area contributed by atoms with Crippen molar-refractivity contribution in [3.63, 3.8) is 0 Å². The van der Waals surface area contributed by atoms with Crippen molar-refractivity contribution in [2.45, 2.75) is 26.3 Å². The Kier molecular flexibility index (Phi) is 6.21. The molecule has 0 unspecified atom stereocenters. The van der Waals surface area contributed by atoms with Crippen LogP contribution >= 0.6 is 11.6 Å². The molecule has 154 valence electrons. The Morgan fingerprint density at radius 1 is 1.28 bits per heavy atom. The summed E-state index contributed by atoms with van der Waals surface area (Å²) in [7, 11) is 0. The van der Waals surface area contributed by atoms with Gasteiger partial charge in [0.05, 0.1) is 19.8 Å². The zero-order valence-electron chi connectivity index (χ0n) is 16.6. The first-order valence-electron chi connectivity index (χ1n) is 10.1. The molecule has 1 aliphatic heterocycles. The SMILES string of the molecule is Cc1cc(N2CCOCC2)nc(OCC2CC2)c1C(=O)NCc1ccc(Cl)cc1. The molecule has 7 heteroatoms. The van der Waals surface area contributed by atoms with Gasteiger partial charge in [-0.3, -0.25) is 4.79 Å². The summed E-state index contributed by atoms with van der Waals surface area (Å²) in [5.74, 6) is 1.66. The molecule has 29 heavy (non-hydrogen) atoms. The van der Waals surface area contributed by atoms with Gasteiger partial charge in [0.2, 0.25) is 5.88 Å². The average Bonchev–Trinajstić information content (AvgIpc) is 3.56. The third-order valence-electron chi connectivity index (χ3n) is 5.25. The highest BCUT2D eigenvalue weighted by Crippen LogP contribution is 2.32. The molecule has 1 aromatic carbocycles. The Morgan fingerprint density at radius 2 is 2.00 bits per heavy atom. The van der Waals surface area contributed by atoms with E-state index in [0.29, 0.717) is 48.7 Å². The van der Waals surface area contributed by atoms with E-state index in [2.05, 4.69) is 10.2 Å². The number of anilines is 1. The van der Waals surface area contributed by atoms with Crippen LogP contribution in [0.2, 0.25) is 5.02 Å². The standard InChI is InChI=1S/C22H26ClN3O3/c1-15-12-19(26-8-10-28-11-9-26)25-22(29-14-17-2-3-17)20(15)21(27)24-13-16-4-6-18(23)7-5-16/h4-7,12,17H,2-3,8-11,13-14H2,1H3,(H,24,27). The lowest BCUT2D eigenvalue weighted by Crippen LogP contribution is -2.37. The van der Waals surface area contributed by atoms with Crippen molar-refractivity contribution in [2.75, 3.05) is 37.8 Å². The predicted octanol–water partition coefficient (Wildman–Crippen LogP) is 3.60. The minimum Gasteiger partial charge on any atom is -0.477 e. The lowest BCUT2D eigenvalue weighted by Gasteiger charge is -2.28. The summed E-state index contributed by atoms with van der Waals surface area (Å²) in [6.45, 7) is 5.91. The Morgan fingerprint density at radius 3 is 2.69 bits per heavy atom. The van der Waals surface area contributed by atoms with Crippen molar-refractivity contribution < 1.29 is 14.3 Å². The Hall–Kier alpha value is -2.31. The molecule has 1 saturated carbocycles. The number of halogens is 1. The molecule has 6 nitrogen and oxygen atoms in total. The van der Waals surface area contributed by atoms with Crippen molar-refractivity contribution in [1.82, 2.24) is 10.3 Å². The zero-order valence-corrected chi connectivity index (χ0v) is 17.4. The second-order valence-electron chi connectivity index (χ2n) is 7.64. The van der Waals surface area contributed by atoms with Gasteiger partial charge in [0, 0.05) is 24.7 Å².